The Balaban J connectivity index is 1.12. The van der Waals surface area contributed by atoms with E-state index in [1.54, 1.807) is 6.07 Å². The van der Waals surface area contributed by atoms with Crippen molar-refractivity contribution in [2.45, 2.75) is 0 Å². The standard InChI is InChI=1S/C25H26ClFN4O2S/c26-18-5-6-22-21(17-18)31(15-16-33-22)24-8-7-23(34-24)25(32)28-9-10-29-11-13-30(14-12-29)20-4-2-1-3-19(20)27/h1-8,17H,9-16H2,(H,28,32). The smallest absolute Gasteiger partial charge is 0.261 e. The SMILES string of the molecule is O=C(NCCN1CCN(c2ccccc2F)CC1)c1ccc(N2CCOc3ccc(Cl)cc32)s1. The number of thiophene rings is 1. The topological polar surface area (TPSA) is 48.1 Å². The number of nitrogens with zero attached hydrogens (tertiary/aromatic N) is 3. The highest BCUT2D eigenvalue weighted by Gasteiger charge is 2.23. The molecular formula is C25H26ClFN4O2S. The first kappa shape index (κ1) is 23.0. The number of para-hydroxylation sites is 1. The van der Waals surface area contributed by atoms with Crippen molar-refractivity contribution in [1.82, 2.24) is 10.2 Å². The summed E-state index contributed by atoms with van der Waals surface area (Å²) >= 11 is 7.65. The van der Waals surface area contributed by atoms with Gasteiger partial charge in [-0.05, 0) is 42.5 Å². The summed E-state index contributed by atoms with van der Waals surface area (Å²) in [6.07, 6.45) is 0. The van der Waals surface area contributed by atoms with Gasteiger partial charge in [0.25, 0.3) is 5.91 Å². The van der Waals surface area contributed by atoms with Crippen LogP contribution in [0.5, 0.6) is 5.75 Å². The molecule has 2 aromatic carbocycles. The minimum Gasteiger partial charge on any atom is -0.490 e. The molecule has 34 heavy (non-hydrogen) atoms. The number of benzene rings is 2. The third kappa shape index (κ3) is 4.99. The van der Waals surface area contributed by atoms with Gasteiger partial charge in [0, 0.05) is 44.3 Å². The lowest BCUT2D eigenvalue weighted by Gasteiger charge is -2.36. The zero-order valence-corrected chi connectivity index (χ0v) is 20.2. The molecule has 0 spiro atoms. The Hall–Kier alpha value is -2.81. The molecule has 1 N–H and O–H groups in total. The van der Waals surface area contributed by atoms with Crippen LogP contribution in [0.4, 0.5) is 20.8 Å². The van der Waals surface area contributed by atoms with Crippen LogP contribution in [0.15, 0.2) is 54.6 Å². The predicted molar refractivity (Wildman–Crippen MR) is 136 cm³/mol. The first-order valence-corrected chi connectivity index (χ1v) is 12.6. The van der Waals surface area contributed by atoms with Gasteiger partial charge in [-0.25, -0.2) is 4.39 Å². The minimum absolute atomic E-state index is 0.0687. The lowest BCUT2D eigenvalue weighted by molar-refractivity contribution is 0.0952. The summed E-state index contributed by atoms with van der Waals surface area (Å²) < 4.78 is 19.8. The van der Waals surface area contributed by atoms with Crippen LogP contribution in [0.1, 0.15) is 9.67 Å². The molecule has 0 bridgehead atoms. The molecule has 1 amide bonds. The minimum atomic E-state index is -0.179. The van der Waals surface area contributed by atoms with Crippen molar-refractivity contribution in [3.63, 3.8) is 0 Å². The van der Waals surface area contributed by atoms with Crippen LogP contribution in [0.3, 0.4) is 0 Å². The van der Waals surface area contributed by atoms with E-state index in [9.17, 15) is 9.18 Å². The number of fused-ring (bicyclic) bond motifs is 1. The molecule has 1 aromatic heterocycles. The van der Waals surface area contributed by atoms with E-state index in [4.69, 9.17) is 16.3 Å². The van der Waals surface area contributed by atoms with Crippen molar-refractivity contribution >= 4 is 45.2 Å². The fourth-order valence-corrected chi connectivity index (χ4v) is 5.48. The summed E-state index contributed by atoms with van der Waals surface area (Å²) in [5, 5.41) is 4.67. The van der Waals surface area contributed by atoms with Gasteiger partial charge in [-0.15, -0.1) is 11.3 Å². The molecule has 3 aromatic rings. The first-order chi connectivity index (χ1) is 16.6. The van der Waals surface area contributed by atoms with E-state index in [0.29, 0.717) is 35.3 Å². The number of hydrogen-bond donors (Lipinski definition) is 1. The van der Waals surface area contributed by atoms with E-state index in [1.165, 1.54) is 17.4 Å². The van der Waals surface area contributed by atoms with Gasteiger partial charge in [0.1, 0.15) is 18.2 Å². The van der Waals surface area contributed by atoms with Gasteiger partial charge in [0.2, 0.25) is 0 Å². The monoisotopic (exact) mass is 500 g/mol. The zero-order chi connectivity index (χ0) is 23.5. The first-order valence-electron chi connectivity index (χ1n) is 11.4. The summed E-state index contributed by atoms with van der Waals surface area (Å²) in [5.41, 5.74) is 1.58. The van der Waals surface area contributed by atoms with Crippen molar-refractivity contribution in [2.24, 2.45) is 0 Å². The zero-order valence-electron chi connectivity index (χ0n) is 18.7. The number of carbonyl (C=O) groups excluding carboxylic acids is 1. The lowest BCUT2D eigenvalue weighted by atomic mass is 10.2. The number of nitrogens with one attached hydrogen (secondary N) is 1. The molecule has 2 aliphatic rings. The number of hydrogen-bond acceptors (Lipinski definition) is 6. The molecule has 5 rings (SSSR count). The molecule has 0 unspecified atom stereocenters. The van der Waals surface area contributed by atoms with Crippen LogP contribution in [0.25, 0.3) is 0 Å². The van der Waals surface area contributed by atoms with Gasteiger partial charge in [-0.1, -0.05) is 23.7 Å². The highest BCUT2D eigenvalue weighted by atomic mass is 35.5. The van der Waals surface area contributed by atoms with E-state index in [2.05, 4.69) is 20.0 Å². The maximum atomic E-state index is 14.0. The Bertz CT molecular complexity index is 1170. The normalized spacial score (nSPS) is 16.2. The highest BCUT2D eigenvalue weighted by molar-refractivity contribution is 7.18. The second-order valence-electron chi connectivity index (χ2n) is 8.29. The lowest BCUT2D eigenvalue weighted by Crippen LogP contribution is -2.48. The summed E-state index contributed by atoms with van der Waals surface area (Å²) in [6.45, 7) is 5.85. The molecule has 3 heterocycles. The van der Waals surface area contributed by atoms with Gasteiger partial charge in [-0.3, -0.25) is 9.69 Å². The molecule has 1 fully saturated rings. The molecule has 6 nitrogen and oxygen atoms in total. The molecule has 0 aliphatic carbocycles. The average Bonchev–Trinajstić information content (AvgIpc) is 3.35. The number of ether oxygens (including phenoxy) is 1. The van der Waals surface area contributed by atoms with E-state index in [-0.39, 0.29) is 11.7 Å². The number of amides is 1. The number of carbonyl (C=O) groups is 1. The summed E-state index contributed by atoms with van der Waals surface area (Å²) in [4.78, 5) is 19.9. The Morgan fingerprint density at radius 1 is 1.03 bits per heavy atom. The van der Waals surface area contributed by atoms with Crippen molar-refractivity contribution in [1.29, 1.82) is 0 Å². The Kier molecular flexibility index (Phi) is 6.89. The summed E-state index contributed by atoms with van der Waals surface area (Å²) in [6, 6.07) is 16.3. The van der Waals surface area contributed by atoms with Gasteiger partial charge < -0.3 is 19.9 Å². The maximum Gasteiger partial charge on any atom is 0.261 e. The third-order valence-electron chi connectivity index (χ3n) is 6.14. The van der Waals surface area contributed by atoms with E-state index >= 15 is 0 Å². The van der Waals surface area contributed by atoms with Crippen LogP contribution < -0.4 is 19.9 Å². The molecule has 0 saturated carbocycles. The average molecular weight is 501 g/mol. The molecule has 9 heteroatoms. The van der Waals surface area contributed by atoms with Gasteiger partial charge in [0.15, 0.2) is 0 Å². The van der Waals surface area contributed by atoms with Gasteiger partial charge >= 0.3 is 0 Å². The van der Waals surface area contributed by atoms with Crippen LogP contribution in [-0.2, 0) is 0 Å². The van der Waals surface area contributed by atoms with E-state index < -0.39 is 0 Å². The van der Waals surface area contributed by atoms with Crippen LogP contribution in [0, 0.1) is 5.82 Å². The molecule has 0 radical (unpaired) electrons. The Labute approximate surface area is 207 Å². The fourth-order valence-electron chi connectivity index (χ4n) is 4.35. The molecule has 178 valence electrons. The van der Waals surface area contributed by atoms with Crippen LogP contribution >= 0.6 is 22.9 Å². The van der Waals surface area contributed by atoms with E-state index in [1.807, 2.05) is 42.5 Å². The Morgan fingerprint density at radius 3 is 2.68 bits per heavy atom. The summed E-state index contributed by atoms with van der Waals surface area (Å²) in [7, 11) is 0. The number of halogens is 2. The van der Waals surface area contributed by atoms with Crippen molar-refractivity contribution in [2.75, 3.05) is 62.2 Å². The van der Waals surface area contributed by atoms with E-state index in [0.717, 1.165) is 49.2 Å². The third-order valence-corrected chi connectivity index (χ3v) is 7.49. The molecule has 0 atom stereocenters. The van der Waals surface area contributed by atoms with Crippen molar-refractivity contribution < 1.29 is 13.9 Å². The van der Waals surface area contributed by atoms with Crippen LogP contribution in [0.2, 0.25) is 5.02 Å². The van der Waals surface area contributed by atoms with Crippen LogP contribution in [-0.4, -0.2) is 63.2 Å². The number of anilines is 3. The molecule has 1 saturated heterocycles. The van der Waals surface area contributed by atoms with Crippen molar-refractivity contribution in [3.8, 4) is 5.75 Å². The maximum absolute atomic E-state index is 14.0. The number of rotatable bonds is 6. The van der Waals surface area contributed by atoms with Crippen molar-refractivity contribution in [3.05, 3.63) is 70.3 Å². The number of piperazine rings is 1. The predicted octanol–water partition coefficient (Wildman–Crippen LogP) is 4.62. The summed E-state index contributed by atoms with van der Waals surface area (Å²) in [5.74, 6) is 0.549. The second-order valence-corrected chi connectivity index (χ2v) is 9.78. The highest BCUT2D eigenvalue weighted by Crippen LogP contribution is 2.40. The molecule has 2 aliphatic heterocycles. The van der Waals surface area contributed by atoms with Gasteiger partial charge in [-0.2, -0.15) is 0 Å². The van der Waals surface area contributed by atoms with Gasteiger partial charge in [0.05, 0.1) is 27.8 Å². The quantitative estimate of drug-likeness (QED) is 0.535. The molecular weight excluding hydrogens is 475 g/mol. The largest absolute Gasteiger partial charge is 0.490 e. The second kappa shape index (κ2) is 10.2. The fraction of sp³-hybridized carbons (Fsp3) is 0.320. The Morgan fingerprint density at radius 2 is 1.85 bits per heavy atom.